The summed E-state index contributed by atoms with van der Waals surface area (Å²) in [5.41, 5.74) is 0.102. The highest BCUT2D eigenvalue weighted by molar-refractivity contribution is 9.10. The summed E-state index contributed by atoms with van der Waals surface area (Å²) >= 11 is 27.7. The maximum Gasteiger partial charge on any atom is 0.338 e. The second kappa shape index (κ2) is 9.68. The molecule has 0 fully saturated rings. The van der Waals surface area contributed by atoms with Crippen molar-refractivity contribution in [1.29, 1.82) is 0 Å². The molecular formula is C23H10BrCl4NO5. The molecule has 0 aliphatic carbocycles. The lowest BCUT2D eigenvalue weighted by Gasteiger charge is -2.15. The first-order valence-corrected chi connectivity index (χ1v) is 11.7. The van der Waals surface area contributed by atoms with Crippen LogP contribution in [0.1, 0.15) is 41.4 Å². The van der Waals surface area contributed by atoms with E-state index in [9.17, 15) is 19.2 Å². The fourth-order valence-electron chi connectivity index (χ4n) is 3.29. The molecule has 3 aromatic rings. The molecule has 11 heteroatoms. The minimum Gasteiger partial charge on any atom is -0.454 e. The van der Waals surface area contributed by atoms with E-state index in [-0.39, 0.29) is 42.5 Å². The number of carbonyl (C=O) groups is 4. The van der Waals surface area contributed by atoms with Gasteiger partial charge in [-0.3, -0.25) is 14.4 Å². The number of benzene rings is 3. The highest BCUT2D eigenvalue weighted by Gasteiger charge is 2.42. The average Bonchev–Trinajstić information content (AvgIpc) is 3.10. The van der Waals surface area contributed by atoms with Gasteiger partial charge in [-0.2, -0.15) is 0 Å². The van der Waals surface area contributed by atoms with Crippen molar-refractivity contribution in [2.45, 2.75) is 0 Å². The Kier molecular flexibility index (Phi) is 7.03. The van der Waals surface area contributed by atoms with Crippen molar-refractivity contribution in [3.63, 3.8) is 0 Å². The summed E-state index contributed by atoms with van der Waals surface area (Å²) in [6, 6.07) is 12.2. The maximum atomic E-state index is 13.0. The lowest BCUT2D eigenvalue weighted by molar-refractivity contribution is 0.0474. The summed E-state index contributed by atoms with van der Waals surface area (Å²) in [6.45, 7) is -0.486. The highest BCUT2D eigenvalue weighted by Crippen LogP contribution is 2.45. The number of halogens is 5. The molecule has 0 bridgehead atoms. The second-order valence-electron chi connectivity index (χ2n) is 7.01. The van der Waals surface area contributed by atoms with Crippen LogP contribution >= 0.6 is 62.3 Å². The zero-order valence-corrected chi connectivity index (χ0v) is 21.3. The third-order valence-corrected chi connectivity index (χ3v) is 7.27. The monoisotopic (exact) mass is 599 g/mol. The van der Waals surface area contributed by atoms with Crippen molar-refractivity contribution in [2.75, 3.05) is 11.5 Å². The standard InChI is InChI=1S/C23H10BrCl4NO5/c24-12-6-4-10(5-7-12)14(30)9-34-23(33)11-2-1-3-13(8-11)29-21(31)15-16(22(29)32)18(26)20(28)19(27)17(15)25/h1-8H,9H2. The fourth-order valence-corrected chi connectivity index (χ4v) is 4.57. The van der Waals surface area contributed by atoms with Gasteiger partial charge in [0.25, 0.3) is 11.8 Å². The number of fused-ring (bicyclic) bond motifs is 1. The van der Waals surface area contributed by atoms with Crippen LogP contribution in [-0.2, 0) is 4.74 Å². The molecule has 0 radical (unpaired) electrons. The van der Waals surface area contributed by atoms with Gasteiger partial charge in [-0.1, -0.05) is 80.5 Å². The van der Waals surface area contributed by atoms with Gasteiger partial charge < -0.3 is 4.74 Å². The van der Waals surface area contributed by atoms with Crippen LogP contribution in [-0.4, -0.2) is 30.2 Å². The Labute approximate surface area is 221 Å². The number of hydrogen-bond donors (Lipinski definition) is 0. The van der Waals surface area contributed by atoms with Gasteiger partial charge in [0.1, 0.15) is 0 Å². The molecule has 0 unspecified atom stereocenters. The molecule has 0 N–H and O–H groups in total. The van der Waals surface area contributed by atoms with Gasteiger partial charge in [0.05, 0.1) is 42.5 Å². The third kappa shape index (κ3) is 4.34. The van der Waals surface area contributed by atoms with E-state index in [1.54, 1.807) is 24.3 Å². The molecule has 1 aliphatic rings. The lowest BCUT2D eigenvalue weighted by atomic mass is 10.1. The molecule has 0 aromatic heterocycles. The van der Waals surface area contributed by atoms with Gasteiger partial charge >= 0.3 is 5.97 Å². The highest BCUT2D eigenvalue weighted by atomic mass is 79.9. The Balaban J connectivity index is 1.57. The van der Waals surface area contributed by atoms with Crippen LogP contribution in [0.25, 0.3) is 0 Å². The Morgan fingerprint density at radius 2 is 1.35 bits per heavy atom. The number of Topliss-reactive ketones (excluding diaryl/α,β-unsaturated/α-hetero) is 1. The Bertz CT molecular complexity index is 1340. The van der Waals surface area contributed by atoms with Gasteiger partial charge in [-0.05, 0) is 30.3 Å². The second-order valence-corrected chi connectivity index (χ2v) is 9.44. The average molecular weight is 602 g/mol. The molecule has 6 nitrogen and oxygen atoms in total. The fraction of sp³-hybridized carbons (Fsp3) is 0.0435. The molecule has 34 heavy (non-hydrogen) atoms. The molecule has 3 aromatic carbocycles. The number of hydrogen-bond acceptors (Lipinski definition) is 5. The Morgan fingerprint density at radius 3 is 1.91 bits per heavy atom. The first kappa shape index (κ1) is 24.7. The number of imide groups is 1. The number of anilines is 1. The zero-order chi connectivity index (χ0) is 24.7. The van der Waals surface area contributed by atoms with Gasteiger partial charge in [0.2, 0.25) is 0 Å². The summed E-state index contributed by atoms with van der Waals surface area (Å²) in [7, 11) is 0. The van der Waals surface area contributed by atoms with Crippen LogP contribution in [0, 0.1) is 0 Å². The minimum atomic E-state index is -0.814. The van der Waals surface area contributed by atoms with Gasteiger partial charge in [-0.25, -0.2) is 9.69 Å². The third-order valence-electron chi connectivity index (χ3n) is 4.94. The molecule has 2 amide bonds. The van der Waals surface area contributed by atoms with Crippen molar-refractivity contribution >= 4 is 91.6 Å². The predicted molar refractivity (Wildman–Crippen MR) is 133 cm³/mol. The van der Waals surface area contributed by atoms with E-state index >= 15 is 0 Å². The van der Waals surface area contributed by atoms with Gasteiger partial charge in [-0.15, -0.1) is 0 Å². The number of ketones is 1. The lowest BCUT2D eigenvalue weighted by Crippen LogP contribution is -2.29. The summed E-state index contributed by atoms with van der Waals surface area (Å²) in [5, 5.41) is -0.700. The quantitative estimate of drug-likeness (QED) is 0.104. The largest absolute Gasteiger partial charge is 0.454 e. The molecule has 4 rings (SSSR count). The summed E-state index contributed by atoms with van der Waals surface area (Å²) in [4.78, 5) is 51.6. The first-order valence-electron chi connectivity index (χ1n) is 9.42. The van der Waals surface area contributed by atoms with Crippen molar-refractivity contribution in [3.8, 4) is 0 Å². The van der Waals surface area contributed by atoms with Crippen LogP contribution in [0.5, 0.6) is 0 Å². The summed E-state index contributed by atoms with van der Waals surface area (Å²) in [6.07, 6.45) is 0. The molecule has 1 aliphatic heterocycles. The smallest absolute Gasteiger partial charge is 0.338 e. The molecule has 0 atom stereocenters. The predicted octanol–water partition coefficient (Wildman–Crippen LogP) is 6.90. The van der Waals surface area contributed by atoms with Crippen molar-refractivity contribution in [2.24, 2.45) is 0 Å². The number of rotatable bonds is 5. The molecular weight excluding hydrogens is 592 g/mol. The molecule has 0 saturated carbocycles. The normalized spacial score (nSPS) is 12.7. The molecule has 1 heterocycles. The Hall–Kier alpha value is -2.42. The van der Waals surface area contributed by atoms with Gasteiger partial charge in [0, 0.05) is 10.0 Å². The number of carbonyl (C=O) groups excluding carboxylic acids is 4. The summed E-state index contributed by atoms with van der Waals surface area (Å²) < 4.78 is 5.92. The van der Waals surface area contributed by atoms with E-state index in [0.29, 0.717) is 5.56 Å². The number of esters is 1. The molecule has 0 spiro atoms. The van der Waals surface area contributed by atoms with Crippen LogP contribution in [0.3, 0.4) is 0 Å². The number of nitrogens with zero attached hydrogens (tertiary/aromatic N) is 1. The summed E-state index contributed by atoms with van der Waals surface area (Å²) in [5.74, 6) is -2.76. The van der Waals surface area contributed by atoms with E-state index in [0.717, 1.165) is 9.37 Å². The maximum absolute atomic E-state index is 13.0. The van der Waals surface area contributed by atoms with Crippen LogP contribution < -0.4 is 4.90 Å². The minimum absolute atomic E-state index is 0.0194. The number of ether oxygens (including phenoxy) is 1. The topological polar surface area (TPSA) is 80.8 Å². The van der Waals surface area contributed by atoms with Crippen molar-refractivity contribution in [3.05, 3.63) is 95.3 Å². The van der Waals surface area contributed by atoms with E-state index in [4.69, 9.17) is 51.1 Å². The number of amides is 2. The van der Waals surface area contributed by atoms with Crippen molar-refractivity contribution < 1.29 is 23.9 Å². The SMILES string of the molecule is O=C(COC(=O)c1cccc(N2C(=O)c3c(Cl)c(Cl)c(Cl)c(Cl)c3C2=O)c1)c1ccc(Br)cc1. The van der Waals surface area contributed by atoms with E-state index < -0.39 is 30.2 Å². The van der Waals surface area contributed by atoms with Crippen molar-refractivity contribution in [1.82, 2.24) is 0 Å². The first-order chi connectivity index (χ1) is 16.1. The van der Waals surface area contributed by atoms with Crippen LogP contribution in [0.2, 0.25) is 20.1 Å². The van der Waals surface area contributed by atoms with E-state index in [2.05, 4.69) is 15.9 Å². The van der Waals surface area contributed by atoms with Gasteiger partial charge in [0.15, 0.2) is 12.4 Å². The van der Waals surface area contributed by atoms with Crippen LogP contribution in [0.4, 0.5) is 5.69 Å². The molecule has 0 saturated heterocycles. The molecule has 172 valence electrons. The van der Waals surface area contributed by atoms with E-state index in [1.807, 2.05) is 0 Å². The Morgan fingerprint density at radius 1 is 0.794 bits per heavy atom. The van der Waals surface area contributed by atoms with E-state index in [1.165, 1.54) is 24.3 Å². The van der Waals surface area contributed by atoms with Crippen LogP contribution in [0.15, 0.2) is 53.0 Å². The zero-order valence-electron chi connectivity index (χ0n) is 16.7.